The molecule has 33 heavy (non-hydrogen) atoms. The van der Waals surface area contributed by atoms with Gasteiger partial charge in [-0.05, 0) is 79.0 Å². The first kappa shape index (κ1) is 16.2. The maximum absolute atomic E-state index is 8.69. The molecule has 2 aromatic carbocycles. The molecule has 0 amide bonds. The molecule has 0 radical (unpaired) electrons. The fourth-order valence-corrected chi connectivity index (χ4v) is 4.34. The Labute approximate surface area is 202 Å². The molecule has 3 aromatic heterocycles. The molecule has 0 aliphatic rings. The van der Waals surface area contributed by atoms with Gasteiger partial charge in [-0.2, -0.15) is 0 Å². The van der Waals surface area contributed by atoms with Crippen molar-refractivity contribution in [1.29, 1.82) is 0 Å². The van der Waals surface area contributed by atoms with Crippen LogP contribution in [0.5, 0.6) is 0 Å². The molecule has 3 heterocycles. The number of nitrogens with zero attached hydrogens (tertiary/aromatic N) is 2. The number of aryl methyl sites for hydroxylation is 3. The lowest BCUT2D eigenvalue weighted by molar-refractivity contribution is 0.410. The Balaban J connectivity index is 1.71. The number of pyridine rings is 2. The Morgan fingerprint density at radius 1 is 0.909 bits per heavy atom. The maximum atomic E-state index is 8.69. The molecule has 3 heteroatoms. The van der Waals surface area contributed by atoms with Gasteiger partial charge in [0.25, 0.3) is 0 Å². The molecule has 0 saturated carbocycles. The van der Waals surface area contributed by atoms with Crippen molar-refractivity contribution in [2.75, 3.05) is 0 Å². The van der Waals surface area contributed by atoms with Crippen molar-refractivity contribution in [3.8, 4) is 22.5 Å². The summed E-state index contributed by atoms with van der Waals surface area (Å²) in [5.74, 6) is 0. The minimum atomic E-state index is -2.52. The lowest BCUT2D eigenvalue weighted by Gasteiger charge is -2.19. The van der Waals surface area contributed by atoms with Crippen molar-refractivity contribution >= 4 is 22.1 Å². The first-order chi connectivity index (χ1) is 17.7. The van der Waals surface area contributed by atoms with E-state index in [1.54, 1.807) is 20.8 Å². The standard InChI is InChI=1S/C30H30N2O/c1-18-9-7-10-19(2)27(18)25-14-13-23-22-11-8-12-24(28(22)33-29(23)32-25)26-15-20(3)21(17-31-26)16-30(4,5)6/h7-15,17H,16H2,1-6H3/i3D3,16D2. The number of hydrogen-bond acceptors (Lipinski definition) is 3. The van der Waals surface area contributed by atoms with Crippen molar-refractivity contribution in [1.82, 2.24) is 9.97 Å². The first-order valence-electron chi connectivity index (χ1n) is 13.6. The number of para-hydroxylation sites is 1. The number of aromatic nitrogens is 2. The van der Waals surface area contributed by atoms with E-state index in [1.165, 1.54) is 12.3 Å². The summed E-state index contributed by atoms with van der Waals surface area (Å²) in [4.78, 5) is 9.38. The van der Waals surface area contributed by atoms with Crippen LogP contribution in [0.3, 0.4) is 0 Å². The molecule has 0 atom stereocenters. The predicted molar refractivity (Wildman–Crippen MR) is 138 cm³/mol. The molecule has 0 aliphatic heterocycles. The molecule has 0 aliphatic carbocycles. The molecule has 3 nitrogen and oxygen atoms in total. The van der Waals surface area contributed by atoms with Crippen molar-refractivity contribution in [2.24, 2.45) is 5.41 Å². The highest BCUT2D eigenvalue weighted by Crippen LogP contribution is 2.37. The Bertz CT molecular complexity index is 1670. The Morgan fingerprint density at radius 3 is 2.39 bits per heavy atom. The highest BCUT2D eigenvalue weighted by molar-refractivity contribution is 6.08. The summed E-state index contributed by atoms with van der Waals surface area (Å²) in [5, 5.41) is 1.71. The van der Waals surface area contributed by atoms with Crippen LogP contribution in [-0.4, -0.2) is 9.97 Å². The molecule has 0 bridgehead atoms. The van der Waals surface area contributed by atoms with Gasteiger partial charge in [-0.1, -0.05) is 51.1 Å². The van der Waals surface area contributed by atoms with Crippen molar-refractivity contribution in [2.45, 2.75) is 47.8 Å². The summed E-state index contributed by atoms with van der Waals surface area (Å²) in [6.07, 6.45) is -0.539. The van der Waals surface area contributed by atoms with Gasteiger partial charge in [-0.25, -0.2) is 4.98 Å². The second kappa shape index (κ2) is 7.84. The summed E-state index contributed by atoms with van der Waals surface area (Å²) in [7, 11) is 0. The number of furan rings is 1. The molecule has 5 rings (SSSR count). The predicted octanol–water partition coefficient (Wildman–Crippen LogP) is 8.22. The van der Waals surface area contributed by atoms with Crippen LogP contribution in [0, 0.1) is 26.1 Å². The lowest BCUT2D eigenvalue weighted by atomic mass is 9.87. The second-order valence-electron chi connectivity index (χ2n) is 9.59. The van der Waals surface area contributed by atoms with E-state index < -0.39 is 18.6 Å². The molecule has 5 aromatic rings. The van der Waals surface area contributed by atoms with Crippen molar-refractivity contribution in [3.63, 3.8) is 0 Å². The van der Waals surface area contributed by atoms with E-state index in [0.29, 0.717) is 22.6 Å². The van der Waals surface area contributed by atoms with Crippen LogP contribution in [0.4, 0.5) is 0 Å². The molecular formula is C30H30N2O. The van der Waals surface area contributed by atoms with Crippen LogP contribution < -0.4 is 0 Å². The molecule has 0 spiro atoms. The summed E-state index contributed by atoms with van der Waals surface area (Å²) >= 11 is 0. The van der Waals surface area contributed by atoms with E-state index in [9.17, 15) is 0 Å². The topological polar surface area (TPSA) is 38.9 Å². The van der Waals surface area contributed by atoms with Gasteiger partial charge in [-0.3, -0.25) is 4.98 Å². The third kappa shape index (κ3) is 3.93. The largest absolute Gasteiger partial charge is 0.437 e. The lowest BCUT2D eigenvalue weighted by Crippen LogP contribution is -2.10. The van der Waals surface area contributed by atoms with E-state index in [2.05, 4.69) is 31.0 Å². The number of benzene rings is 2. The van der Waals surface area contributed by atoms with Gasteiger partial charge < -0.3 is 4.42 Å². The van der Waals surface area contributed by atoms with Crippen LogP contribution in [0.2, 0.25) is 0 Å². The zero-order valence-corrected chi connectivity index (χ0v) is 19.6. The highest BCUT2D eigenvalue weighted by atomic mass is 16.3. The average molecular weight is 440 g/mol. The molecule has 0 saturated heterocycles. The summed E-state index contributed by atoms with van der Waals surface area (Å²) < 4.78 is 48.1. The minimum Gasteiger partial charge on any atom is -0.437 e. The quantitative estimate of drug-likeness (QED) is 0.284. The van der Waals surface area contributed by atoms with E-state index in [0.717, 1.165) is 33.2 Å². The van der Waals surface area contributed by atoms with E-state index in [1.807, 2.05) is 36.4 Å². The van der Waals surface area contributed by atoms with Crippen LogP contribution in [0.1, 0.15) is 49.9 Å². The number of hydrogen-bond donors (Lipinski definition) is 0. The van der Waals surface area contributed by atoms with E-state index in [4.69, 9.17) is 16.3 Å². The summed E-state index contributed by atoms with van der Waals surface area (Å²) in [5.41, 5.74) is 5.44. The second-order valence-corrected chi connectivity index (χ2v) is 9.59. The van der Waals surface area contributed by atoms with Crippen LogP contribution in [0.25, 0.3) is 44.6 Å². The van der Waals surface area contributed by atoms with Gasteiger partial charge in [0.1, 0.15) is 5.58 Å². The first-order valence-corrected chi connectivity index (χ1v) is 11.1. The summed E-state index contributed by atoms with van der Waals surface area (Å²) in [6.45, 7) is 6.85. The van der Waals surface area contributed by atoms with Gasteiger partial charge >= 0.3 is 0 Å². The third-order valence-electron chi connectivity index (χ3n) is 5.79. The fourth-order valence-electron chi connectivity index (χ4n) is 4.34. The monoisotopic (exact) mass is 439 g/mol. The van der Waals surface area contributed by atoms with Crippen LogP contribution >= 0.6 is 0 Å². The maximum Gasteiger partial charge on any atom is 0.227 e. The Kier molecular flexibility index (Phi) is 3.85. The van der Waals surface area contributed by atoms with Crippen molar-refractivity contribution in [3.05, 3.63) is 83.0 Å². The molecule has 0 unspecified atom stereocenters. The molecule has 0 N–H and O–H groups in total. The average Bonchev–Trinajstić information content (AvgIpc) is 3.20. The van der Waals surface area contributed by atoms with E-state index in [-0.39, 0.29) is 11.1 Å². The summed E-state index contributed by atoms with van der Waals surface area (Å²) in [6, 6.07) is 17.3. The fraction of sp³-hybridized carbons (Fsp3) is 0.267. The number of rotatable bonds is 3. The van der Waals surface area contributed by atoms with Gasteiger partial charge in [0.15, 0.2) is 0 Å². The highest BCUT2D eigenvalue weighted by Gasteiger charge is 2.18. The third-order valence-corrected chi connectivity index (χ3v) is 5.79. The van der Waals surface area contributed by atoms with E-state index >= 15 is 0 Å². The Hall–Kier alpha value is -3.46. The van der Waals surface area contributed by atoms with Crippen LogP contribution in [0.15, 0.2) is 65.2 Å². The van der Waals surface area contributed by atoms with Gasteiger partial charge in [0.05, 0.1) is 11.4 Å². The van der Waals surface area contributed by atoms with Gasteiger partial charge in [0.2, 0.25) is 5.71 Å². The van der Waals surface area contributed by atoms with Gasteiger partial charge in [-0.15, -0.1) is 0 Å². The minimum absolute atomic E-state index is 0.0500. The smallest absolute Gasteiger partial charge is 0.227 e. The molecular weight excluding hydrogens is 404 g/mol. The zero-order chi connectivity index (χ0) is 27.6. The Morgan fingerprint density at radius 2 is 1.67 bits per heavy atom. The van der Waals surface area contributed by atoms with Crippen molar-refractivity contribution < 1.29 is 11.3 Å². The SMILES string of the molecule is [2H]C([2H])([2H])c1cc(-c2cccc3c2oc2nc(-c4c(C)cccc4C)ccc23)ncc1C([2H])([2H])C(C)(C)C. The molecule has 166 valence electrons. The molecule has 0 fully saturated rings. The zero-order valence-electron chi connectivity index (χ0n) is 24.6. The van der Waals surface area contributed by atoms with Gasteiger partial charge in [0, 0.05) is 34.9 Å². The normalized spacial score (nSPS) is 15.1. The number of fused-ring (bicyclic) bond motifs is 3. The van der Waals surface area contributed by atoms with Crippen LogP contribution in [-0.2, 0) is 6.37 Å².